The summed E-state index contributed by atoms with van der Waals surface area (Å²) in [6.45, 7) is 1.60. The maximum absolute atomic E-state index is 12.3. The molecule has 6 nitrogen and oxygen atoms in total. The van der Waals surface area contributed by atoms with Crippen molar-refractivity contribution >= 4 is 5.91 Å². The van der Waals surface area contributed by atoms with Crippen LogP contribution in [0.3, 0.4) is 0 Å². The molecule has 1 aromatic rings. The van der Waals surface area contributed by atoms with Crippen LogP contribution in [0.5, 0.6) is 0 Å². The summed E-state index contributed by atoms with van der Waals surface area (Å²) in [7, 11) is 0. The third-order valence-corrected chi connectivity index (χ3v) is 5.02. The number of aryl methyl sites for hydroxylation is 1. The third kappa shape index (κ3) is 3.32. The number of aromatic nitrogens is 3. The van der Waals surface area contributed by atoms with Crippen molar-refractivity contribution in [3.8, 4) is 0 Å². The highest BCUT2D eigenvalue weighted by molar-refractivity contribution is 5.86. The fourth-order valence-electron chi connectivity index (χ4n) is 3.60. The second-order valence-corrected chi connectivity index (χ2v) is 6.72. The van der Waals surface area contributed by atoms with Crippen molar-refractivity contribution in [2.45, 2.75) is 76.3 Å². The van der Waals surface area contributed by atoms with Gasteiger partial charge in [0.1, 0.15) is 11.6 Å². The summed E-state index contributed by atoms with van der Waals surface area (Å²) in [5.74, 6) is 2.09. The Morgan fingerprint density at radius 3 is 2.73 bits per heavy atom. The molecule has 1 aromatic heterocycles. The van der Waals surface area contributed by atoms with E-state index in [1.54, 1.807) is 0 Å². The van der Waals surface area contributed by atoms with Gasteiger partial charge in [0.2, 0.25) is 5.91 Å². The fourth-order valence-corrected chi connectivity index (χ4v) is 3.60. The molecule has 0 spiro atoms. The van der Waals surface area contributed by atoms with Gasteiger partial charge in [-0.2, -0.15) is 0 Å². The average Bonchev–Trinajstić information content (AvgIpc) is 2.76. The second-order valence-electron chi connectivity index (χ2n) is 6.72. The molecular formula is C16H27N5O. The highest BCUT2D eigenvalue weighted by Gasteiger charge is 2.34. The lowest BCUT2D eigenvalue weighted by Gasteiger charge is -2.31. The predicted molar refractivity (Wildman–Crippen MR) is 84.3 cm³/mol. The number of nitrogens with one attached hydrogen (secondary N) is 1. The van der Waals surface area contributed by atoms with Gasteiger partial charge >= 0.3 is 0 Å². The lowest BCUT2D eigenvalue weighted by molar-refractivity contribution is -0.127. The highest BCUT2D eigenvalue weighted by Crippen LogP contribution is 2.25. The Bertz CT molecular complexity index is 519. The first kappa shape index (κ1) is 15.5. The van der Waals surface area contributed by atoms with Gasteiger partial charge < -0.3 is 15.6 Å². The number of fused-ring (bicyclic) bond motifs is 1. The topological polar surface area (TPSA) is 85.8 Å². The number of amides is 1. The summed E-state index contributed by atoms with van der Waals surface area (Å²) in [5.41, 5.74) is 5.60. The zero-order valence-corrected chi connectivity index (χ0v) is 13.3. The summed E-state index contributed by atoms with van der Waals surface area (Å²) >= 11 is 0. The Kier molecular flexibility index (Phi) is 4.76. The van der Waals surface area contributed by atoms with E-state index in [2.05, 4.69) is 20.1 Å². The minimum atomic E-state index is -0.653. The molecule has 0 aromatic carbocycles. The van der Waals surface area contributed by atoms with Gasteiger partial charge in [-0.1, -0.05) is 25.7 Å². The molecule has 1 aliphatic heterocycles. The summed E-state index contributed by atoms with van der Waals surface area (Å²) in [4.78, 5) is 12.3. The molecule has 3 rings (SSSR count). The Balaban J connectivity index is 1.53. The monoisotopic (exact) mass is 305 g/mol. The quantitative estimate of drug-likeness (QED) is 0.878. The van der Waals surface area contributed by atoms with E-state index in [9.17, 15) is 4.79 Å². The van der Waals surface area contributed by atoms with Gasteiger partial charge in [0, 0.05) is 25.9 Å². The molecular weight excluding hydrogens is 278 g/mol. The van der Waals surface area contributed by atoms with E-state index in [-0.39, 0.29) is 5.91 Å². The first-order valence-electron chi connectivity index (χ1n) is 8.67. The van der Waals surface area contributed by atoms with E-state index < -0.39 is 5.54 Å². The predicted octanol–water partition coefficient (Wildman–Crippen LogP) is 1.32. The summed E-state index contributed by atoms with van der Waals surface area (Å²) < 4.78 is 2.23. The molecule has 0 atom stereocenters. The van der Waals surface area contributed by atoms with E-state index in [0.29, 0.717) is 6.54 Å². The minimum Gasteiger partial charge on any atom is -0.354 e. The maximum Gasteiger partial charge on any atom is 0.240 e. The number of hydrogen-bond acceptors (Lipinski definition) is 4. The largest absolute Gasteiger partial charge is 0.354 e. The van der Waals surface area contributed by atoms with Crippen LogP contribution in [-0.4, -0.2) is 32.8 Å². The molecule has 3 N–H and O–H groups in total. The molecule has 0 unspecified atom stereocenters. The Labute approximate surface area is 131 Å². The van der Waals surface area contributed by atoms with Gasteiger partial charge in [-0.05, 0) is 25.7 Å². The fraction of sp³-hybridized carbons (Fsp3) is 0.812. The van der Waals surface area contributed by atoms with Crippen molar-refractivity contribution in [2.24, 2.45) is 5.73 Å². The van der Waals surface area contributed by atoms with Crippen LogP contribution in [0.1, 0.15) is 63.0 Å². The molecule has 2 heterocycles. The van der Waals surface area contributed by atoms with Crippen molar-refractivity contribution in [1.29, 1.82) is 0 Å². The van der Waals surface area contributed by atoms with E-state index in [0.717, 1.165) is 56.7 Å². The van der Waals surface area contributed by atoms with Crippen molar-refractivity contribution in [2.75, 3.05) is 6.54 Å². The molecule has 0 saturated heterocycles. The molecule has 1 saturated carbocycles. The second kappa shape index (κ2) is 6.77. The number of carbonyl (C=O) groups excluding carboxylic acids is 1. The van der Waals surface area contributed by atoms with E-state index in [1.165, 1.54) is 25.7 Å². The molecule has 0 bridgehead atoms. The smallest absolute Gasteiger partial charge is 0.240 e. The lowest BCUT2D eigenvalue weighted by atomic mass is 9.82. The van der Waals surface area contributed by atoms with Gasteiger partial charge in [-0.25, -0.2) is 0 Å². The zero-order valence-electron chi connectivity index (χ0n) is 13.3. The number of nitrogens with zero attached hydrogens (tertiary/aromatic N) is 3. The molecule has 1 fully saturated rings. The zero-order chi connectivity index (χ0) is 15.4. The van der Waals surface area contributed by atoms with Crippen molar-refractivity contribution in [3.63, 3.8) is 0 Å². The van der Waals surface area contributed by atoms with Crippen LogP contribution >= 0.6 is 0 Å². The average molecular weight is 305 g/mol. The first-order chi connectivity index (χ1) is 10.7. The number of rotatable bonds is 4. The molecule has 22 heavy (non-hydrogen) atoms. The van der Waals surface area contributed by atoms with Crippen molar-refractivity contribution < 1.29 is 4.79 Å². The van der Waals surface area contributed by atoms with Crippen LogP contribution in [0.2, 0.25) is 0 Å². The van der Waals surface area contributed by atoms with Crippen LogP contribution in [-0.2, 0) is 24.2 Å². The van der Waals surface area contributed by atoms with Gasteiger partial charge in [-0.15, -0.1) is 10.2 Å². The standard InChI is InChI=1S/C16H27N5O/c17-16(9-4-2-5-10-16)15(22)18-11-8-14-20-19-13-7-3-1-6-12-21(13)14/h1-12,17H2,(H,18,22). The first-order valence-corrected chi connectivity index (χ1v) is 8.67. The summed E-state index contributed by atoms with van der Waals surface area (Å²) in [5, 5.41) is 11.6. The van der Waals surface area contributed by atoms with Crippen molar-refractivity contribution in [1.82, 2.24) is 20.1 Å². The van der Waals surface area contributed by atoms with Crippen LogP contribution in [0, 0.1) is 0 Å². The Morgan fingerprint density at radius 1 is 1.14 bits per heavy atom. The normalized spacial score (nSPS) is 21.0. The molecule has 1 aliphatic carbocycles. The summed E-state index contributed by atoms with van der Waals surface area (Å²) in [6, 6.07) is 0. The molecule has 122 valence electrons. The SMILES string of the molecule is NC1(C(=O)NCCc2nnc3n2CCCCC3)CCCCC1. The number of carbonyl (C=O) groups is 1. The Hall–Kier alpha value is -1.43. The molecule has 1 amide bonds. The number of nitrogens with two attached hydrogens (primary N) is 1. The lowest BCUT2D eigenvalue weighted by Crippen LogP contribution is -2.55. The third-order valence-electron chi connectivity index (χ3n) is 5.02. The Morgan fingerprint density at radius 2 is 1.91 bits per heavy atom. The van der Waals surface area contributed by atoms with Crippen LogP contribution in [0.4, 0.5) is 0 Å². The van der Waals surface area contributed by atoms with Gasteiger partial charge in [-0.3, -0.25) is 4.79 Å². The van der Waals surface area contributed by atoms with E-state index in [1.807, 2.05) is 0 Å². The summed E-state index contributed by atoms with van der Waals surface area (Å²) in [6.07, 6.45) is 10.3. The minimum absolute atomic E-state index is 0.00260. The number of hydrogen-bond donors (Lipinski definition) is 2. The van der Waals surface area contributed by atoms with Crippen LogP contribution in [0.15, 0.2) is 0 Å². The van der Waals surface area contributed by atoms with Crippen molar-refractivity contribution in [3.05, 3.63) is 11.6 Å². The van der Waals surface area contributed by atoms with E-state index >= 15 is 0 Å². The van der Waals surface area contributed by atoms with E-state index in [4.69, 9.17) is 5.73 Å². The van der Waals surface area contributed by atoms with Crippen LogP contribution in [0.25, 0.3) is 0 Å². The van der Waals surface area contributed by atoms with Crippen LogP contribution < -0.4 is 11.1 Å². The van der Waals surface area contributed by atoms with Gasteiger partial charge in [0.05, 0.1) is 5.54 Å². The maximum atomic E-state index is 12.3. The molecule has 6 heteroatoms. The molecule has 0 radical (unpaired) electrons. The van der Waals surface area contributed by atoms with Gasteiger partial charge in [0.15, 0.2) is 0 Å². The highest BCUT2D eigenvalue weighted by atomic mass is 16.2. The molecule has 2 aliphatic rings. The van der Waals surface area contributed by atoms with Gasteiger partial charge in [0.25, 0.3) is 0 Å².